The minimum Gasteiger partial charge on any atom is -0.487 e. The van der Waals surface area contributed by atoms with E-state index >= 15 is 0 Å². The fourth-order valence-electron chi connectivity index (χ4n) is 2.60. The quantitative estimate of drug-likeness (QED) is 0.507. The third-order valence-electron chi connectivity index (χ3n) is 3.97. The van der Waals surface area contributed by atoms with Gasteiger partial charge in [0.15, 0.2) is 0 Å². The van der Waals surface area contributed by atoms with Crippen LogP contribution in [0, 0.1) is 17.0 Å². The minimum atomic E-state index is -0.573. The van der Waals surface area contributed by atoms with Gasteiger partial charge in [0.1, 0.15) is 17.9 Å². The van der Waals surface area contributed by atoms with Crippen molar-refractivity contribution in [2.24, 2.45) is 0 Å². The Labute approximate surface area is 156 Å². The van der Waals surface area contributed by atoms with Gasteiger partial charge in [-0.25, -0.2) is 0 Å². The van der Waals surface area contributed by atoms with Crippen LogP contribution in [0.4, 0.5) is 11.4 Å². The second-order valence-corrected chi connectivity index (χ2v) is 6.00. The Kier molecular flexibility index (Phi) is 5.47. The molecule has 0 spiro atoms. The van der Waals surface area contributed by atoms with Gasteiger partial charge < -0.3 is 10.1 Å². The molecule has 0 aliphatic rings. The number of rotatable bonds is 6. The molecule has 0 saturated heterocycles. The average molecular weight is 362 g/mol. The predicted octanol–water partition coefficient (Wildman–Crippen LogP) is 4.73. The normalized spacial score (nSPS) is 10.3. The Morgan fingerprint density at radius 3 is 2.48 bits per heavy atom. The van der Waals surface area contributed by atoms with E-state index in [1.54, 1.807) is 12.1 Å². The van der Waals surface area contributed by atoms with E-state index < -0.39 is 10.8 Å². The molecule has 3 aromatic carbocycles. The number of para-hydroxylation sites is 1. The molecular weight excluding hydrogens is 344 g/mol. The molecule has 0 atom stereocenters. The van der Waals surface area contributed by atoms with E-state index in [4.69, 9.17) is 4.74 Å². The lowest BCUT2D eigenvalue weighted by molar-refractivity contribution is -0.385. The summed E-state index contributed by atoms with van der Waals surface area (Å²) >= 11 is 0. The molecule has 0 fully saturated rings. The van der Waals surface area contributed by atoms with E-state index in [0.717, 1.165) is 11.1 Å². The van der Waals surface area contributed by atoms with Gasteiger partial charge in [-0.3, -0.25) is 14.9 Å². The van der Waals surface area contributed by atoms with Crippen molar-refractivity contribution < 1.29 is 14.5 Å². The summed E-state index contributed by atoms with van der Waals surface area (Å²) < 4.78 is 5.87. The first-order chi connectivity index (χ1) is 13.0. The molecule has 6 heteroatoms. The van der Waals surface area contributed by atoms with Gasteiger partial charge in [0, 0.05) is 6.07 Å². The predicted molar refractivity (Wildman–Crippen MR) is 103 cm³/mol. The molecule has 27 heavy (non-hydrogen) atoms. The van der Waals surface area contributed by atoms with Crippen molar-refractivity contribution in [3.8, 4) is 5.75 Å². The number of carbonyl (C=O) groups excluding carboxylic acids is 1. The number of hydrogen-bond acceptors (Lipinski definition) is 4. The van der Waals surface area contributed by atoms with Gasteiger partial charge in [-0.15, -0.1) is 0 Å². The summed E-state index contributed by atoms with van der Waals surface area (Å²) in [5.41, 5.74) is 2.18. The summed E-state index contributed by atoms with van der Waals surface area (Å²) in [4.78, 5) is 23.2. The van der Waals surface area contributed by atoms with Crippen LogP contribution >= 0.6 is 0 Å². The highest BCUT2D eigenvalue weighted by atomic mass is 16.6. The van der Waals surface area contributed by atoms with Crippen molar-refractivity contribution in [2.45, 2.75) is 13.5 Å². The second-order valence-electron chi connectivity index (χ2n) is 6.00. The maximum absolute atomic E-state index is 12.6. The monoisotopic (exact) mass is 362 g/mol. The highest BCUT2D eigenvalue weighted by Gasteiger charge is 2.20. The molecule has 3 aromatic rings. The van der Waals surface area contributed by atoms with Gasteiger partial charge in [0.05, 0.1) is 10.6 Å². The number of hydrogen-bond donors (Lipinski definition) is 1. The Balaban J connectivity index is 1.82. The number of nitrogens with one attached hydrogen (secondary N) is 1. The molecule has 136 valence electrons. The molecule has 3 rings (SSSR count). The molecule has 1 N–H and O–H groups in total. The number of ether oxygens (including phenoxy) is 1. The molecule has 0 bridgehead atoms. The van der Waals surface area contributed by atoms with Crippen LogP contribution in [0.3, 0.4) is 0 Å². The summed E-state index contributed by atoms with van der Waals surface area (Å²) in [6.45, 7) is 2.27. The van der Waals surface area contributed by atoms with Crippen molar-refractivity contribution in [3.63, 3.8) is 0 Å². The number of carbonyl (C=O) groups is 1. The van der Waals surface area contributed by atoms with Gasteiger partial charge in [0.2, 0.25) is 0 Å². The first kappa shape index (κ1) is 18.1. The van der Waals surface area contributed by atoms with E-state index in [9.17, 15) is 14.9 Å². The number of nitrogens with zero attached hydrogens (tertiary/aromatic N) is 1. The standard InChI is InChI=1S/C21H18N2O4/c1-15-11-12-18(20(13-15)27-14-16-7-3-2-4-8-16)22-21(24)17-9-5-6-10-19(17)23(25)26/h2-13H,14H2,1H3,(H,22,24). The summed E-state index contributed by atoms with van der Waals surface area (Å²) in [6, 6.07) is 20.9. The Morgan fingerprint density at radius 2 is 1.74 bits per heavy atom. The largest absolute Gasteiger partial charge is 0.487 e. The molecular formula is C21H18N2O4. The Morgan fingerprint density at radius 1 is 1.04 bits per heavy atom. The van der Waals surface area contributed by atoms with Crippen LogP contribution in [0.5, 0.6) is 5.75 Å². The van der Waals surface area contributed by atoms with Crippen LogP contribution in [0.2, 0.25) is 0 Å². The molecule has 0 saturated carbocycles. The Bertz CT molecular complexity index is 971. The lowest BCUT2D eigenvalue weighted by atomic mass is 10.1. The van der Waals surface area contributed by atoms with Crippen LogP contribution in [0.25, 0.3) is 0 Å². The van der Waals surface area contributed by atoms with E-state index in [2.05, 4.69) is 5.32 Å². The molecule has 0 aliphatic heterocycles. The topological polar surface area (TPSA) is 81.5 Å². The van der Waals surface area contributed by atoms with Crippen molar-refractivity contribution in [3.05, 3.63) is 99.6 Å². The van der Waals surface area contributed by atoms with Gasteiger partial charge in [-0.05, 0) is 36.2 Å². The third kappa shape index (κ3) is 4.49. The van der Waals surface area contributed by atoms with Crippen molar-refractivity contribution in [2.75, 3.05) is 5.32 Å². The molecule has 0 heterocycles. The van der Waals surface area contributed by atoms with E-state index in [1.165, 1.54) is 18.2 Å². The van der Waals surface area contributed by atoms with Crippen molar-refractivity contribution in [1.29, 1.82) is 0 Å². The first-order valence-corrected chi connectivity index (χ1v) is 8.37. The fraction of sp³-hybridized carbons (Fsp3) is 0.0952. The zero-order valence-electron chi connectivity index (χ0n) is 14.7. The highest BCUT2D eigenvalue weighted by Crippen LogP contribution is 2.28. The number of nitro benzene ring substituents is 1. The van der Waals surface area contributed by atoms with Crippen LogP contribution in [-0.4, -0.2) is 10.8 Å². The number of amides is 1. The van der Waals surface area contributed by atoms with Gasteiger partial charge in [-0.2, -0.15) is 0 Å². The van der Waals surface area contributed by atoms with Crippen LogP contribution in [-0.2, 0) is 6.61 Å². The molecule has 6 nitrogen and oxygen atoms in total. The molecule has 0 radical (unpaired) electrons. The van der Waals surface area contributed by atoms with Crippen LogP contribution < -0.4 is 10.1 Å². The van der Waals surface area contributed by atoms with E-state index in [1.807, 2.05) is 49.4 Å². The lowest BCUT2D eigenvalue weighted by Gasteiger charge is -2.14. The van der Waals surface area contributed by atoms with Crippen molar-refractivity contribution in [1.82, 2.24) is 0 Å². The first-order valence-electron chi connectivity index (χ1n) is 8.37. The summed E-state index contributed by atoms with van der Waals surface area (Å²) in [6.07, 6.45) is 0. The van der Waals surface area contributed by atoms with Crippen LogP contribution in [0.15, 0.2) is 72.8 Å². The molecule has 1 amide bonds. The highest BCUT2D eigenvalue weighted by molar-refractivity contribution is 6.07. The van der Waals surface area contributed by atoms with Gasteiger partial charge >= 0.3 is 0 Å². The smallest absolute Gasteiger partial charge is 0.282 e. The van der Waals surface area contributed by atoms with Crippen molar-refractivity contribution >= 4 is 17.3 Å². The molecule has 0 aromatic heterocycles. The summed E-state index contributed by atoms with van der Waals surface area (Å²) in [5, 5.41) is 13.9. The molecule has 0 unspecified atom stereocenters. The SMILES string of the molecule is Cc1ccc(NC(=O)c2ccccc2[N+](=O)[O-])c(OCc2ccccc2)c1. The minimum absolute atomic E-state index is 0.00270. The maximum Gasteiger partial charge on any atom is 0.282 e. The lowest BCUT2D eigenvalue weighted by Crippen LogP contribution is -2.14. The van der Waals surface area contributed by atoms with Gasteiger partial charge in [0.25, 0.3) is 11.6 Å². The third-order valence-corrected chi connectivity index (χ3v) is 3.97. The summed E-state index contributed by atoms with van der Waals surface area (Å²) in [7, 11) is 0. The fourth-order valence-corrected chi connectivity index (χ4v) is 2.60. The number of benzene rings is 3. The van der Waals surface area contributed by atoms with E-state index in [-0.39, 0.29) is 11.3 Å². The maximum atomic E-state index is 12.6. The zero-order chi connectivity index (χ0) is 19.2. The number of anilines is 1. The second kappa shape index (κ2) is 8.14. The van der Waals surface area contributed by atoms with Crippen LogP contribution in [0.1, 0.15) is 21.5 Å². The van der Waals surface area contributed by atoms with Gasteiger partial charge in [-0.1, -0.05) is 48.5 Å². The molecule has 0 aliphatic carbocycles. The number of aryl methyl sites for hydroxylation is 1. The zero-order valence-corrected chi connectivity index (χ0v) is 14.7. The van der Waals surface area contributed by atoms with E-state index in [0.29, 0.717) is 18.0 Å². The number of nitro groups is 1. The average Bonchev–Trinajstić information content (AvgIpc) is 2.68. The Hall–Kier alpha value is -3.67. The summed E-state index contributed by atoms with van der Waals surface area (Å²) in [5.74, 6) is -0.0542.